The van der Waals surface area contributed by atoms with E-state index in [0.29, 0.717) is 35.8 Å². The van der Waals surface area contributed by atoms with Crippen molar-refractivity contribution in [1.82, 2.24) is 9.88 Å². The van der Waals surface area contributed by atoms with Gasteiger partial charge in [0.1, 0.15) is 0 Å². The van der Waals surface area contributed by atoms with E-state index in [9.17, 15) is 14.4 Å². The van der Waals surface area contributed by atoms with Crippen LogP contribution in [0, 0.1) is 13.8 Å². The lowest BCUT2D eigenvalue weighted by molar-refractivity contribution is 0.0712. The van der Waals surface area contributed by atoms with E-state index < -0.39 is 0 Å². The number of nitrogens with zero attached hydrogens (tertiary/aromatic N) is 3. The Morgan fingerprint density at radius 1 is 0.917 bits per heavy atom. The molecule has 6 nitrogen and oxygen atoms in total. The molecule has 2 aliphatic heterocycles. The Balaban J connectivity index is 1.19. The fourth-order valence-electron chi connectivity index (χ4n) is 5.13. The molecule has 0 atom stereocenters. The van der Waals surface area contributed by atoms with Crippen LogP contribution in [0.4, 0.5) is 5.69 Å². The summed E-state index contributed by atoms with van der Waals surface area (Å²) in [4.78, 5) is 47.6. The van der Waals surface area contributed by atoms with Gasteiger partial charge in [-0.1, -0.05) is 24.3 Å². The van der Waals surface area contributed by atoms with Gasteiger partial charge in [-0.2, -0.15) is 0 Å². The van der Waals surface area contributed by atoms with Gasteiger partial charge in [0.2, 0.25) is 0 Å². The number of likely N-dealkylation sites (tertiary alicyclic amines) is 1. The minimum Gasteiger partial charge on any atom is -0.339 e. The summed E-state index contributed by atoms with van der Waals surface area (Å²) in [6, 6.07) is 18.7. The number of anilines is 1. The Bertz CT molecular complexity index is 1520. The molecule has 36 heavy (non-hydrogen) atoms. The number of hydrogen-bond acceptors (Lipinski definition) is 5. The van der Waals surface area contributed by atoms with Gasteiger partial charge >= 0.3 is 0 Å². The Hall–Kier alpha value is -3.84. The number of hydrogen-bond donors (Lipinski definition) is 0. The monoisotopic (exact) mass is 495 g/mol. The molecule has 0 saturated carbocycles. The molecule has 180 valence electrons. The number of para-hydroxylation sites is 1. The van der Waals surface area contributed by atoms with Crippen molar-refractivity contribution < 1.29 is 14.4 Å². The maximum atomic E-state index is 13.3. The molecule has 0 aliphatic carbocycles. The van der Waals surface area contributed by atoms with Crippen LogP contribution >= 0.6 is 11.3 Å². The number of benzene rings is 3. The maximum Gasteiger partial charge on any atom is 0.266 e. The number of aromatic nitrogens is 1. The molecular formula is C29H25N3O3S. The van der Waals surface area contributed by atoms with Crippen molar-refractivity contribution in [3.63, 3.8) is 0 Å². The van der Waals surface area contributed by atoms with Gasteiger partial charge in [-0.25, -0.2) is 9.88 Å². The lowest BCUT2D eigenvalue weighted by Crippen LogP contribution is -2.38. The number of carbonyl (C=O) groups excluding carboxylic acids is 3. The smallest absolute Gasteiger partial charge is 0.266 e. The number of fused-ring (bicyclic) bond motifs is 2. The van der Waals surface area contributed by atoms with Crippen LogP contribution in [-0.2, 0) is 0 Å². The summed E-state index contributed by atoms with van der Waals surface area (Å²) in [5.74, 6) is -0.491. The predicted molar refractivity (Wildman–Crippen MR) is 141 cm³/mol. The highest BCUT2D eigenvalue weighted by Gasteiger charge is 2.38. The number of thiazole rings is 1. The molecule has 0 unspecified atom stereocenters. The quantitative estimate of drug-likeness (QED) is 0.340. The summed E-state index contributed by atoms with van der Waals surface area (Å²) in [5.41, 5.74) is 4.51. The largest absolute Gasteiger partial charge is 0.339 e. The Morgan fingerprint density at radius 2 is 1.67 bits per heavy atom. The highest BCUT2D eigenvalue weighted by Crippen LogP contribution is 2.35. The highest BCUT2D eigenvalue weighted by atomic mass is 32.1. The molecule has 0 N–H and O–H groups in total. The predicted octanol–water partition coefficient (Wildman–Crippen LogP) is 5.73. The second kappa shape index (κ2) is 8.68. The van der Waals surface area contributed by atoms with E-state index in [1.54, 1.807) is 29.5 Å². The summed E-state index contributed by atoms with van der Waals surface area (Å²) in [6.45, 7) is 5.08. The van der Waals surface area contributed by atoms with Crippen LogP contribution in [0.15, 0.2) is 60.7 Å². The minimum absolute atomic E-state index is 0.106. The van der Waals surface area contributed by atoms with E-state index >= 15 is 0 Å². The van der Waals surface area contributed by atoms with E-state index in [-0.39, 0.29) is 23.3 Å². The third-order valence-electron chi connectivity index (χ3n) is 7.18. The zero-order valence-electron chi connectivity index (χ0n) is 20.2. The number of amides is 3. The summed E-state index contributed by atoms with van der Waals surface area (Å²) in [6.07, 6.45) is 1.71. The van der Waals surface area contributed by atoms with Gasteiger partial charge in [0, 0.05) is 24.6 Å². The third kappa shape index (κ3) is 3.71. The second-order valence-corrected chi connectivity index (χ2v) is 10.6. The normalized spacial score (nSPS) is 16.2. The van der Waals surface area contributed by atoms with E-state index in [4.69, 9.17) is 4.98 Å². The van der Waals surface area contributed by atoms with E-state index in [1.165, 1.54) is 9.60 Å². The van der Waals surface area contributed by atoms with Crippen LogP contribution < -0.4 is 4.90 Å². The van der Waals surface area contributed by atoms with Crippen molar-refractivity contribution in [2.45, 2.75) is 32.6 Å². The van der Waals surface area contributed by atoms with Crippen molar-refractivity contribution in [3.8, 4) is 0 Å². The molecule has 1 saturated heterocycles. The molecule has 0 radical (unpaired) electrons. The molecule has 4 aromatic rings. The summed E-state index contributed by atoms with van der Waals surface area (Å²) in [5, 5.41) is 1.14. The van der Waals surface area contributed by atoms with Crippen LogP contribution in [0.1, 0.15) is 66.0 Å². The standard InChI is InChI=1S/C29H25N3O3S/c1-17-7-8-18(2)24(15-17)32-28(34)21-10-9-20(16-22(21)29(32)35)27(33)31-13-11-19(12-14-31)26-30-23-5-3-4-6-25(23)36-26/h3-10,15-16,19H,11-14H2,1-2H3. The maximum absolute atomic E-state index is 13.3. The van der Waals surface area contributed by atoms with Crippen molar-refractivity contribution in [3.05, 3.63) is 93.5 Å². The first-order valence-electron chi connectivity index (χ1n) is 12.2. The fraction of sp³-hybridized carbons (Fsp3) is 0.241. The SMILES string of the molecule is Cc1ccc(C)c(N2C(=O)c3ccc(C(=O)N4CCC(c5nc6ccccc6s5)CC4)cc3C2=O)c1. The number of carbonyl (C=O) groups is 3. The van der Waals surface area contributed by atoms with E-state index in [0.717, 1.165) is 34.5 Å². The van der Waals surface area contributed by atoms with Gasteiger partial charge in [-0.15, -0.1) is 11.3 Å². The van der Waals surface area contributed by atoms with Crippen LogP contribution in [0.25, 0.3) is 10.2 Å². The zero-order chi connectivity index (χ0) is 25.0. The first kappa shape index (κ1) is 22.6. The number of rotatable bonds is 3. The van der Waals surface area contributed by atoms with Crippen molar-refractivity contribution in [2.75, 3.05) is 18.0 Å². The lowest BCUT2D eigenvalue weighted by atomic mass is 9.96. The van der Waals surface area contributed by atoms with Crippen molar-refractivity contribution in [2.24, 2.45) is 0 Å². The molecule has 3 heterocycles. The number of piperidine rings is 1. The molecule has 3 amide bonds. The van der Waals surface area contributed by atoms with Crippen LogP contribution in [0.2, 0.25) is 0 Å². The van der Waals surface area contributed by atoms with Gasteiger partial charge in [-0.05, 0) is 74.2 Å². The Labute approximate surface area is 213 Å². The van der Waals surface area contributed by atoms with Crippen LogP contribution in [0.3, 0.4) is 0 Å². The summed E-state index contributed by atoms with van der Waals surface area (Å²) >= 11 is 1.74. The molecule has 0 bridgehead atoms. The molecule has 7 heteroatoms. The first-order chi connectivity index (χ1) is 17.4. The van der Waals surface area contributed by atoms with E-state index in [1.807, 2.05) is 55.1 Å². The molecule has 6 rings (SSSR count). The van der Waals surface area contributed by atoms with E-state index in [2.05, 4.69) is 6.07 Å². The minimum atomic E-state index is -0.382. The summed E-state index contributed by atoms with van der Waals surface area (Å²) in [7, 11) is 0. The fourth-order valence-corrected chi connectivity index (χ4v) is 6.27. The lowest BCUT2D eigenvalue weighted by Gasteiger charge is -2.31. The Morgan fingerprint density at radius 3 is 2.44 bits per heavy atom. The average molecular weight is 496 g/mol. The topological polar surface area (TPSA) is 70.6 Å². The second-order valence-electron chi connectivity index (χ2n) is 9.58. The van der Waals surface area contributed by atoms with Gasteiger partial charge in [0.05, 0.1) is 32.0 Å². The van der Waals surface area contributed by atoms with Crippen molar-refractivity contribution >= 4 is 45.0 Å². The van der Waals surface area contributed by atoms with Gasteiger partial charge in [0.25, 0.3) is 17.7 Å². The molecule has 3 aromatic carbocycles. The zero-order valence-corrected chi connectivity index (χ0v) is 21.0. The molecule has 0 spiro atoms. The molecule has 1 fully saturated rings. The third-order valence-corrected chi connectivity index (χ3v) is 8.38. The van der Waals surface area contributed by atoms with Crippen LogP contribution in [-0.4, -0.2) is 40.7 Å². The van der Waals surface area contributed by atoms with Gasteiger partial charge in [0.15, 0.2) is 0 Å². The number of aryl methyl sites for hydroxylation is 2. The molecular weight excluding hydrogens is 470 g/mol. The molecule has 2 aliphatic rings. The Kier molecular flexibility index (Phi) is 5.45. The first-order valence-corrected chi connectivity index (χ1v) is 13.0. The summed E-state index contributed by atoms with van der Waals surface area (Å²) < 4.78 is 1.19. The van der Waals surface area contributed by atoms with Gasteiger partial charge < -0.3 is 4.90 Å². The number of imide groups is 1. The van der Waals surface area contributed by atoms with Gasteiger partial charge in [-0.3, -0.25) is 14.4 Å². The van der Waals surface area contributed by atoms with Crippen LogP contribution in [0.5, 0.6) is 0 Å². The molecule has 1 aromatic heterocycles. The van der Waals surface area contributed by atoms with Crippen molar-refractivity contribution in [1.29, 1.82) is 0 Å². The average Bonchev–Trinajstić information content (AvgIpc) is 3.44. The highest BCUT2D eigenvalue weighted by molar-refractivity contribution is 7.18.